The molecule has 2 aromatic rings. The van der Waals surface area contributed by atoms with Crippen molar-refractivity contribution < 1.29 is 19.3 Å². The van der Waals surface area contributed by atoms with Gasteiger partial charge in [-0.1, -0.05) is 11.6 Å². The number of halogens is 1. The van der Waals surface area contributed by atoms with Crippen LogP contribution in [0.4, 0.5) is 17.1 Å². The summed E-state index contributed by atoms with van der Waals surface area (Å²) in [7, 11) is 1.47. The van der Waals surface area contributed by atoms with Crippen LogP contribution in [0.15, 0.2) is 35.4 Å². The number of hydrazone groups is 1. The Morgan fingerprint density at radius 3 is 2.56 bits per heavy atom. The number of rotatable bonds is 8. The van der Waals surface area contributed by atoms with Crippen LogP contribution in [0.3, 0.4) is 0 Å². The number of nitro benzene ring substituents is 2. The Hall–Kier alpha value is -3.40. The number of nitro groups is 2. The highest BCUT2D eigenvalue weighted by molar-refractivity contribution is 6.32. The monoisotopic (exact) mass is 394 g/mol. The summed E-state index contributed by atoms with van der Waals surface area (Å²) in [6, 6.07) is 6.42. The minimum Gasteiger partial charge on any atom is -0.493 e. The van der Waals surface area contributed by atoms with Crippen molar-refractivity contribution in [3.8, 4) is 11.5 Å². The van der Waals surface area contributed by atoms with Crippen LogP contribution in [0.2, 0.25) is 5.02 Å². The van der Waals surface area contributed by atoms with Gasteiger partial charge in [0.1, 0.15) is 5.69 Å². The smallest absolute Gasteiger partial charge is 0.301 e. The van der Waals surface area contributed by atoms with Crippen molar-refractivity contribution in [3.63, 3.8) is 0 Å². The van der Waals surface area contributed by atoms with E-state index >= 15 is 0 Å². The Morgan fingerprint density at radius 1 is 1.22 bits per heavy atom. The Balaban J connectivity index is 2.26. The molecule has 0 aliphatic rings. The minimum atomic E-state index is -0.734. The summed E-state index contributed by atoms with van der Waals surface area (Å²) in [6.45, 7) is 2.22. The molecule has 0 atom stereocenters. The molecule has 0 amide bonds. The second-order valence-electron chi connectivity index (χ2n) is 5.05. The van der Waals surface area contributed by atoms with Crippen molar-refractivity contribution in [1.82, 2.24) is 0 Å². The van der Waals surface area contributed by atoms with E-state index in [1.54, 1.807) is 12.1 Å². The van der Waals surface area contributed by atoms with Gasteiger partial charge in [-0.15, -0.1) is 0 Å². The van der Waals surface area contributed by atoms with Crippen LogP contribution < -0.4 is 14.9 Å². The maximum atomic E-state index is 11.1. The van der Waals surface area contributed by atoms with Crippen LogP contribution in [0, 0.1) is 20.2 Å². The second-order valence-corrected chi connectivity index (χ2v) is 5.46. The molecule has 2 aromatic carbocycles. The topological polar surface area (TPSA) is 129 Å². The number of ether oxygens (including phenoxy) is 2. The highest BCUT2D eigenvalue weighted by atomic mass is 35.5. The van der Waals surface area contributed by atoms with E-state index in [1.165, 1.54) is 19.4 Å². The Kier molecular flexibility index (Phi) is 6.50. The van der Waals surface area contributed by atoms with E-state index in [9.17, 15) is 20.2 Å². The van der Waals surface area contributed by atoms with Gasteiger partial charge in [0.05, 0.1) is 40.9 Å². The van der Waals surface area contributed by atoms with Crippen LogP contribution in [0.25, 0.3) is 0 Å². The summed E-state index contributed by atoms with van der Waals surface area (Å²) >= 11 is 6.16. The molecule has 10 nitrogen and oxygen atoms in total. The van der Waals surface area contributed by atoms with Crippen molar-refractivity contribution >= 4 is 34.9 Å². The molecule has 0 aliphatic carbocycles. The molecule has 0 aromatic heterocycles. The fraction of sp³-hybridized carbons (Fsp3) is 0.188. The molecular weight excluding hydrogens is 380 g/mol. The van der Waals surface area contributed by atoms with Crippen LogP contribution in [0.5, 0.6) is 11.5 Å². The zero-order valence-electron chi connectivity index (χ0n) is 14.3. The fourth-order valence-corrected chi connectivity index (χ4v) is 2.43. The molecule has 1 N–H and O–H groups in total. The number of non-ortho nitro benzene ring substituents is 1. The lowest BCUT2D eigenvalue weighted by Crippen LogP contribution is -2.00. The van der Waals surface area contributed by atoms with Gasteiger partial charge >= 0.3 is 5.69 Å². The third-order valence-corrected chi connectivity index (χ3v) is 3.61. The summed E-state index contributed by atoms with van der Waals surface area (Å²) in [5.74, 6) is 0.810. The zero-order valence-corrected chi connectivity index (χ0v) is 15.1. The van der Waals surface area contributed by atoms with E-state index in [1.807, 2.05) is 6.92 Å². The minimum absolute atomic E-state index is 0.00542. The first kappa shape index (κ1) is 19.9. The summed E-state index contributed by atoms with van der Waals surface area (Å²) in [4.78, 5) is 20.4. The van der Waals surface area contributed by atoms with Gasteiger partial charge in [-0.25, -0.2) is 0 Å². The van der Waals surface area contributed by atoms with Crippen molar-refractivity contribution in [2.75, 3.05) is 19.1 Å². The first-order valence-electron chi connectivity index (χ1n) is 7.59. The van der Waals surface area contributed by atoms with E-state index < -0.39 is 15.5 Å². The molecule has 0 unspecified atom stereocenters. The maximum Gasteiger partial charge on any atom is 0.301 e. The number of nitrogens with zero attached hydrogens (tertiary/aromatic N) is 3. The lowest BCUT2D eigenvalue weighted by Gasteiger charge is -2.11. The van der Waals surface area contributed by atoms with Gasteiger partial charge in [-0.2, -0.15) is 5.10 Å². The Morgan fingerprint density at radius 2 is 1.96 bits per heavy atom. The predicted molar refractivity (Wildman–Crippen MR) is 100 cm³/mol. The van der Waals surface area contributed by atoms with Crippen molar-refractivity contribution in [2.45, 2.75) is 6.92 Å². The van der Waals surface area contributed by atoms with E-state index in [0.717, 1.165) is 12.1 Å². The van der Waals surface area contributed by atoms with Crippen LogP contribution in [-0.4, -0.2) is 29.8 Å². The number of methoxy groups -OCH3 is 1. The molecule has 27 heavy (non-hydrogen) atoms. The van der Waals surface area contributed by atoms with E-state index in [-0.39, 0.29) is 11.4 Å². The Labute approximate surface area is 158 Å². The molecule has 0 aliphatic heterocycles. The molecule has 11 heteroatoms. The van der Waals surface area contributed by atoms with Gasteiger partial charge in [0.2, 0.25) is 0 Å². The van der Waals surface area contributed by atoms with Gasteiger partial charge in [0, 0.05) is 6.07 Å². The second kappa shape index (κ2) is 8.81. The standard InChI is InChI=1S/C16H15ClN4O6/c1-3-27-16-12(17)6-10(7-15(16)26-2)9-18-19-13-5-4-11(20(22)23)8-14(13)21(24)25/h4-9,19H,3H2,1-2H3/b18-9-. The Bertz CT molecular complexity index is 903. The van der Waals surface area contributed by atoms with E-state index in [0.29, 0.717) is 28.7 Å². The SMILES string of the molecule is CCOc1c(Cl)cc(/C=N\Nc2ccc([N+](=O)[O-])cc2[N+](=O)[O-])cc1OC. The number of hydrogen-bond acceptors (Lipinski definition) is 8. The average Bonchev–Trinajstić information content (AvgIpc) is 2.63. The third kappa shape index (κ3) is 4.82. The molecule has 0 fully saturated rings. The quantitative estimate of drug-likeness (QED) is 0.406. The number of hydrogen-bond donors (Lipinski definition) is 1. The first-order valence-corrected chi connectivity index (χ1v) is 7.97. The van der Waals surface area contributed by atoms with Gasteiger partial charge in [0.15, 0.2) is 11.5 Å². The van der Waals surface area contributed by atoms with Gasteiger partial charge in [0.25, 0.3) is 5.69 Å². The lowest BCUT2D eigenvalue weighted by molar-refractivity contribution is -0.393. The van der Waals surface area contributed by atoms with Crippen LogP contribution in [-0.2, 0) is 0 Å². The fourth-order valence-electron chi connectivity index (χ4n) is 2.15. The van der Waals surface area contributed by atoms with E-state index in [4.69, 9.17) is 21.1 Å². The predicted octanol–water partition coefficient (Wildman–Crippen LogP) is 4.01. The summed E-state index contributed by atoms with van der Waals surface area (Å²) < 4.78 is 10.6. The molecule has 0 bridgehead atoms. The lowest BCUT2D eigenvalue weighted by atomic mass is 10.2. The number of benzene rings is 2. The van der Waals surface area contributed by atoms with Crippen molar-refractivity contribution in [3.05, 3.63) is 61.1 Å². The molecule has 0 heterocycles. The first-order chi connectivity index (χ1) is 12.9. The molecule has 0 saturated carbocycles. The highest BCUT2D eigenvalue weighted by Crippen LogP contribution is 2.36. The van der Waals surface area contributed by atoms with Gasteiger partial charge in [-0.3, -0.25) is 25.7 Å². The average molecular weight is 395 g/mol. The highest BCUT2D eigenvalue weighted by Gasteiger charge is 2.19. The molecule has 0 radical (unpaired) electrons. The van der Waals surface area contributed by atoms with Gasteiger partial charge < -0.3 is 9.47 Å². The molecule has 0 spiro atoms. The zero-order chi connectivity index (χ0) is 20.0. The molecule has 2 rings (SSSR count). The summed E-state index contributed by atoms with van der Waals surface area (Å²) in [5, 5.41) is 26.1. The van der Waals surface area contributed by atoms with Crippen molar-refractivity contribution in [1.29, 1.82) is 0 Å². The van der Waals surface area contributed by atoms with Gasteiger partial charge in [-0.05, 0) is 30.7 Å². The van der Waals surface area contributed by atoms with Crippen LogP contribution in [0.1, 0.15) is 12.5 Å². The summed E-state index contributed by atoms with van der Waals surface area (Å²) in [5.41, 5.74) is 2.20. The molecular formula is C16H15ClN4O6. The normalized spacial score (nSPS) is 10.6. The molecule has 0 saturated heterocycles. The maximum absolute atomic E-state index is 11.1. The number of nitrogens with one attached hydrogen (secondary N) is 1. The largest absolute Gasteiger partial charge is 0.493 e. The number of anilines is 1. The van der Waals surface area contributed by atoms with Crippen LogP contribution >= 0.6 is 11.6 Å². The van der Waals surface area contributed by atoms with E-state index in [2.05, 4.69) is 10.5 Å². The van der Waals surface area contributed by atoms with Crippen molar-refractivity contribution in [2.24, 2.45) is 5.10 Å². The third-order valence-electron chi connectivity index (χ3n) is 3.33. The molecule has 142 valence electrons. The summed E-state index contributed by atoms with van der Waals surface area (Å²) in [6.07, 6.45) is 1.37.